The third kappa shape index (κ3) is 5.76. The Morgan fingerprint density at radius 3 is 3.05 bits per heavy atom. The van der Waals surface area contributed by atoms with Crippen LogP contribution in [0.25, 0.3) is 0 Å². The van der Waals surface area contributed by atoms with E-state index in [0.29, 0.717) is 18.9 Å². The average molecular weight is 291 g/mol. The summed E-state index contributed by atoms with van der Waals surface area (Å²) in [5.41, 5.74) is 1.09. The van der Waals surface area contributed by atoms with Crippen LogP contribution in [0.5, 0.6) is 5.75 Å². The molecule has 1 aliphatic rings. The summed E-state index contributed by atoms with van der Waals surface area (Å²) in [4.78, 5) is 11.7. The molecule has 0 bridgehead atoms. The van der Waals surface area contributed by atoms with E-state index in [1.54, 1.807) is 0 Å². The summed E-state index contributed by atoms with van der Waals surface area (Å²) in [6, 6.07) is 7.84. The maximum atomic E-state index is 11.7. The van der Waals surface area contributed by atoms with Gasteiger partial charge in [0.1, 0.15) is 5.75 Å². The van der Waals surface area contributed by atoms with Gasteiger partial charge in [0.05, 0.1) is 13.0 Å². The first-order valence-electron chi connectivity index (χ1n) is 7.78. The van der Waals surface area contributed by atoms with Crippen molar-refractivity contribution in [1.29, 1.82) is 0 Å². The molecule has 0 saturated carbocycles. The first-order chi connectivity index (χ1) is 10.3. The second kappa shape index (κ2) is 8.67. The van der Waals surface area contributed by atoms with Crippen molar-refractivity contribution >= 4 is 5.91 Å². The lowest BCUT2D eigenvalue weighted by Gasteiger charge is -2.21. The molecule has 4 nitrogen and oxygen atoms in total. The largest absolute Gasteiger partial charge is 0.493 e. The highest BCUT2D eigenvalue weighted by atomic mass is 16.5. The Bertz CT molecular complexity index is 441. The highest BCUT2D eigenvalue weighted by Crippen LogP contribution is 2.17. The molecule has 0 radical (unpaired) electrons. The Morgan fingerprint density at radius 2 is 2.29 bits per heavy atom. The Morgan fingerprint density at radius 1 is 1.43 bits per heavy atom. The molecule has 4 heteroatoms. The summed E-state index contributed by atoms with van der Waals surface area (Å²) in [6.07, 6.45) is 3.76. The molecule has 1 saturated heterocycles. The minimum Gasteiger partial charge on any atom is -0.493 e. The van der Waals surface area contributed by atoms with Gasteiger partial charge in [0, 0.05) is 19.8 Å². The maximum Gasteiger partial charge on any atom is 0.223 e. The van der Waals surface area contributed by atoms with Gasteiger partial charge in [-0.25, -0.2) is 0 Å². The van der Waals surface area contributed by atoms with Gasteiger partial charge in [0.2, 0.25) is 5.91 Å². The van der Waals surface area contributed by atoms with Gasteiger partial charge in [-0.3, -0.25) is 4.79 Å². The van der Waals surface area contributed by atoms with E-state index in [1.165, 1.54) is 6.42 Å². The molecule has 116 valence electrons. The van der Waals surface area contributed by atoms with E-state index in [2.05, 4.69) is 5.32 Å². The van der Waals surface area contributed by atoms with E-state index < -0.39 is 0 Å². The number of ether oxygens (including phenoxy) is 2. The molecule has 2 rings (SSSR count). The number of aryl methyl sites for hydroxylation is 1. The maximum absolute atomic E-state index is 11.7. The summed E-state index contributed by atoms with van der Waals surface area (Å²) in [7, 11) is 0. The number of benzene rings is 1. The summed E-state index contributed by atoms with van der Waals surface area (Å²) in [5.74, 6) is 1.51. The lowest BCUT2D eigenvalue weighted by molar-refractivity contribution is -0.121. The number of hydrogen-bond donors (Lipinski definition) is 1. The van der Waals surface area contributed by atoms with Crippen LogP contribution in [0.1, 0.15) is 31.2 Å². The first kappa shape index (κ1) is 15.8. The molecule has 1 aromatic rings. The molecule has 0 aromatic heterocycles. The highest BCUT2D eigenvalue weighted by Gasteiger charge is 2.13. The molecular weight excluding hydrogens is 266 g/mol. The molecule has 0 unspecified atom stereocenters. The second-order valence-electron chi connectivity index (χ2n) is 5.59. The van der Waals surface area contributed by atoms with Gasteiger partial charge < -0.3 is 14.8 Å². The molecule has 1 aromatic carbocycles. The van der Waals surface area contributed by atoms with Gasteiger partial charge in [-0.2, -0.15) is 0 Å². The van der Waals surface area contributed by atoms with Gasteiger partial charge in [0.15, 0.2) is 0 Å². The summed E-state index contributed by atoms with van der Waals surface area (Å²) >= 11 is 0. The molecule has 1 N–H and O–H groups in total. The fourth-order valence-electron chi connectivity index (χ4n) is 2.51. The number of nitrogens with one attached hydrogen (secondary N) is 1. The van der Waals surface area contributed by atoms with Gasteiger partial charge in [-0.05, 0) is 43.7 Å². The number of carbonyl (C=O) groups excluding carboxylic acids is 1. The highest BCUT2D eigenvalue weighted by molar-refractivity contribution is 5.75. The van der Waals surface area contributed by atoms with Crippen LogP contribution in [0.2, 0.25) is 0 Å². The van der Waals surface area contributed by atoms with Gasteiger partial charge in [-0.15, -0.1) is 0 Å². The van der Waals surface area contributed by atoms with E-state index >= 15 is 0 Å². The van der Waals surface area contributed by atoms with Crippen molar-refractivity contribution < 1.29 is 14.3 Å². The third-order valence-corrected chi connectivity index (χ3v) is 3.81. The van der Waals surface area contributed by atoms with Crippen LogP contribution in [0.15, 0.2) is 24.3 Å². The topological polar surface area (TPSA) is 47.6 Å². The third-order valence-electron chi connectivity index (χ3n) is 3.81. The van der Waals surface area contributed by atoms with Crippen molar-refractivity contribution in [1.82, 2.24) is 5.32 Å². The van der Waals surface area contributed by atoms with Gasteiger partial charge >= 0.3 is 0 Å². The van der Waals surface area contributed by atoms with Crippen molar-refractivity contribution in [2.75, 3.05) is 26.4 Å². The zero-order valence-electron chi connectivity index (χ0n) is 12.8. The predicted molar refractivity (Wildman–Crippen MR) is 82.5 cm³/mol. The van der Waals surface area contributed by atoms with E-state index in [4.69, 9.17) is 9.47 Å². The predicted octanol–water partition coefficient (Wildman–Crippen LogP) is 2.70. The lowest BCUT2D eigenvalue weighted by atomic mass is 9.99. The average Bonchev–Trinajstić information content (AvgIpc) is 2.50. The number of hydrogen-bond acceptors (Lipinski definition) is 3. The zero-order valence-corrected chi connectivity index (χ0v) is 12.8. The van der Waals surface area contributed by atoms with Crippen molar-refractivity contribution in [3.05, 3.63) is 29.8 Å². The molecular formula is C17H25NO3. The van der Waals surface area contributed by atoms with Crippen LogP contribution in [0.3, 0.4) is 0 Å². The molecule has 1 fully saturated rings. The van der Waals surface area contributed by atoms with Crippen LogP contribution in [-0.2, 0) is 9.53 Å². The number of carbonyl (C=O) groups is 1. The molecule has 1 atom stereocenters. The number of para-hydroxylation sites is 1. The van der Waals surface area contributed by atoms with Crippen molar-refractivity contribution in [2.45, 2.75) is 32.6 Å². The molecule has 1 amide bonds. The minimum atomic E-state index is 0.0558. The van der Waals surface area contributed by atoms with Gasteiger partial charge in [-0.1, -0.05) is 18.2 Å². The normalized spacial score (nSPS) is 18.2. The van der Waals surface area contributed by atoms with E-state index in [0.717, 1.165) is 43.9 Å². The van der Waals surface area contributed by atoms with Crippen molar-refractivity contribution in [3.8, 4) is 5.75 Å². The Kier molecular flexibility index (Phi) is 6.54. The molecule has 0 aliphatic carbocycles. The van der Waals surface area contributed by atoms with Gasteiger partial charge in [0.25, 0.3) is 0 Å². The van der Waals surface area contributed by atoms with Crippen molar-refractivity contribution in [3.63, 3.8) is 0 Å². The van der Waals surface area contributed by atoms with Crippen molar-refractivity contribution in [2.24, 2.45) is 5.92 Å². The molecule has 1 heterocycles. The number of amides is 1. The first-order valence-corrected chi connectivity index (χ1v) is 7.78. The summed E-state index contributed by atoms with van der Waals surface area (Å²) in [5, 5.41) is 2.96. The van der Waals surface area contributed by atoms with Crippen LogP contribution in [-0.4, -0.2) is 32.3 Å². The van der Waals surface area contributed by atoms with Crippen LogP contribution in [0, 0.1) is 12.8 Å². The lowest BCUT2D eigenvalue weighted by Crippen LogP contribution is -2.29. The van der Waals surface area contributed by atoms with E-state index in [1.807, 2.05) is 31.2 Å². The van der Waals surface area contributed by atoms with Crippen LogP contribution in [0.4, 0.5) is 0 Å². The molecule has 1 aliphatic heterocycles. The second-order valence-corrected chi connectivity index (χ2v) is 5.59. The van der Waals surface area contributed by atoms with Crippen LogP contribution < -0.4 is 10.1 Å². The van der Waals surface area contributed by atoms with E-state index in [9.17, 15) is 4.79 Å². The van der Waals surface area contributed by atoms with Crippen LogP contribution >= 0.6 is 0 Å². The Balaban J connectivity index is 1.56. The monoisotopic (exact) mass is 291 g/mol. The number of rotatable bonds is 7. The Hall–Kier alpha value is -1.55. The molecule has 21 heavy (non-hydrogen) atoms. The smallest absolute Gasteiger partial charge is 0.223 e. The fraction of sp³-hybridized carbons (Fsp3) is 0.588. The molecule has 0 spiro atoms. The standard InChI is InChI=1S/C17H25NO3/c1-14-5-2-3-7-16(14)21-12-9-17(19)18-10-8-15-6-4-11-20-13-15/h2-3,5,7,15H,4,6,8-13H2,1H3,(H,18,19)/t15-/m0/s1. The Labute approximate surface area is 126 Å². The summed E-state index contributed by atoms with van der Waals surface area (Å²) < 4.78 is 11.1. The minimum absolute atomic E-state index is 0.0558. The summed E-state index contributed by atoms with van der Waals surface area (Å²) in [6.45, 7) is 4.88. The van der Waals surface area contributed by atoms with E-state index in [-0.39, 0.29) is 5.91 Å². The zero-order chi connectivity index (χ0) is 14.9. The SMILES string of the molecule is Cc1ccccc1OCCC(=O)NCC[C@@H]1CCCOC1. The quantitative estimate of drug-likeness (QED) is 0.840. The fourth-order valence-corrected chi connectivity index (χ4v) is 2.51.